The van der Waals surface area contributed by atoms with Crippen molar-refractivity contribution in [3.05, 3.63) is 23.3 Å². The number of fused-ring (bicyclic) bond motifs is 5. The van der Waals surface area contributed by atoms with E-state index in [1.54, 1.807) is 6.92 Å². The zero-order chi connectivity index (χ0) is 22.8. The summed E-state index contributed by atoms with van der Waals surface area (Å²) in [7, 11) is 0. The number of carbonyl (C=O) groups excluding carboxylic acids is 1. The van der Waals surface area contributed by atoms with Crippen LogP contribution in [0.15, 0.2) is 23.3 Å². The molecule has 4 aliphatic rings. The molecule has 5 nitrogen and oxygen atoms in total. The number of hydrogen-bond donors (Lipinski definition) is 3. The Morgan fingerprint density at radius 2 is 1.87 bits per heavy atom. The normalized spacial score (nSPS) is 40.6. The molecule has 0 radical (unpaired) electrons. The zero-order valence-corrected chi connectivity index (χ0v) is 19.7. The maximum absolute atomic E-state index is 13.3. The molecule has 1 unspecified atom stereocenters. The molecule has 0 saturated heterocycles. The van der Waals surface area contributed by atoms with E-state index < -0.39 is 17.6 Å². The molecule has 0 bridgehead atoms. The molecule has 4 aliphatic carbocycles. The lowest BCUT2D eigenvalue weighted by molar-refractivity contribution is -0.134. The van der Waals surface area contributed by atoms with Crippen LogP contribution in [-0.2, 0) is 9.59 Å². The molecule has 0 aromatic rings. The number of rotatable bonds is 4. The van der Waals surface area contributed by atoms with Crippen molar-refractivity contribution in [3.8, 4) is 0 Å². The van der Waals surface area contributed by atoms with Gasteiger partial charge in [0.15, 0.2) is 0 Å². The summed E-state index contributed by atoms with van der Waals surface area (Å²) in [4.78, 5) is 24.8. The summed E-state index contributed by atoms with van der Waals surface area (Å²) in [5.74, 6) is 0.962. The number of aliphatic hydroxyl groups excluding tert-OH is 1. The molecule has 7 atom stereocenters. The van der Waals surface area contributed by atoms with Crippen LogP contribution in [0.25, 0.3) is 0 Å². The van der Waals surface area contributed by atoms with E-state index in [-0.39, 0.29) is 22.7 Å². The lowest BCUT2D eigenvalue weighted by Crippen LogP contribution is -2.56. The van der Waals surface area contributed by atoms with Crippen molar-refractivity contribution in [1.82, 2.24) is 5.32 Å². The van der Waals surface area contributed by atoms with Gasteiger partial charge in [0.2, 0.25) is 5.91 Å². The predicted octanol–water partition coefficient (Wildman–Crippen LogP) is 4.46. The molecule has 1 amide bonds. The molecule has 0 heterocycles. The first-order chi connectivity index (χ1) is 14.4. The molecule has 0 aromatic carbocycles. The lowest BCUT2D eigenvalue weighted by atomic mass is 9.48. The molecule has 2 fully saturated rings. The van der Waals surface area contributed by atoms with E-state index in [1.165, 1.54) is 5.57 Å². The van der Waals surface area contributed by atoms with Crippen molar-refractivity contribution in [1.29, 1.82) is 0 Å². The molecule has 5 heteroatoms. The van der Waals surface area contributed by atoms with Gasteiger partial charge in [0.1, 0.15) is 0 Å². The summed E-state index contributed by atoms with van der Waals surface area (Å²) in [6.07, 6.45) is 10.3. The molecule has 0 aliphatic heterocycles. The van der Waals surface area contributed by atoms with Gasteiger partial charge in [-0.15, -0.1) is 0 Å². The molecular weight excluding hydrogens is 390 g/mol. The fraction of sp³-hybridized carbons (Fsp3) is 0.769. The van der Waals surface area contributed by atoms with Crippen LogP contribution in [0.4, 0.5) is 0 Å². The van der Waals surface area contributed by atoms with Crippen LogP contribution in [-0.4, -0.2) is 33.7 Å². The molecule has 31 heavy (non-hydrogen) atoms. The molecule has 172 valence electrons. The summed E-state index contributed by atoms with van der Waals surface area (Å²) in [6.45, 7) is 10.2. The van der Waals surface area contributed by atoms with Gasteiger partial charge in [-0.3, -0.25) is 4.79 Å². The highest BCUT2D eigenvalue weighted by molar-refractivity contribution is 5.87. The summed E-state index contributed by atoms with van der Waals surface area (Å²) in [5.41, 5.74) is 1.19. The summed E-state index contributed by atoms with van der Waals surface area (Å²) >= 11 is 0. The second kappa shape index (κ2) is 7.47. The Morgan fingerprint density at radius 3 is 2.52 bits per heavy atom. The van der Waals surface area contributed by atoms with Gasteiger partial charge in [-0.25, -0.2) is 4.79 Å². The van der Waals surface area contributed by atoms with Gasteiger partial charge in [0.25, 0.3) is 0 Å². The molecule has 4 rings (SSSR count). The van der Waals surface area contributed by atoms with E-state index >= 15 is 0 Å². The fourth-order valence-corrected chi connectivity index (χ4v) is 7.43. The molecule has 3 N–H and O–H groups in total. The summed E-state index contributed by atoms with van der Waals surface area (Å²) < 4.78 is 0. The standard InChI is InChI=1S/C26H39NO4/c1-15(28)24(2,3)27-22(29)21-9-8-19-18-7-6-17-14-16(23(30)31)10-12-25(17,4)20(18)11-13-26(19,21)5/h6,14-15,18-21,28H,7-13H2,1-5H3,(H,27,29)(H,30,31)/t15?,18-,19-,20-,21+,25-,26-/m0/s1. The Kier molecular flexibility index (Phi) is 5.44. The third-order valence-corrected chi connectivity index (χ3v) is 9.85. The zero-order valence-electron chi connectivity index (χ0n) is 19.7. The van der Waals surface area contributed by atoms with E-state index in [0.717, 1.165) is 38.5 Å². The average molecular weight is 430 g/mol. The number of allylic oxidation sites excluding steroid dienone is 3. The minimum atomic E-state index is -0.786. The Morgan fingerprint density at radius 1 is 1.16 bits per heavy atom. The van der Waals surface area contributed by atoms with E-state index in [2.05, 4.69) is 25.2 Å². The number of amides is 1. The fourth-order valence-electron chi connectivity index (χ4n) is 7.43. The topological polar surface area (TPSA) is 86.6 Å². The number of aliphatic hydroxyl groups is 1. The third kappa shape index (κ3) is 3.48. The Balaban J connectivity index is 1.57. The van der Waals surface area contributed by atoms with Crippen LogP contribution in [0.1, 0.15) is 79.6 Å². The number of carboxylic acid groups (broad SMARTS) is 1. The van der Waals surface area contributed by atoms with E-state index in [0.29, 0.717) is 29.7 Å². The Hall–Kier alpha value is -1.62. The van der Waals surface area contributed by atoms with E-state index in [1.807, 2.05) is 19.9 Å². The molecule has 0 aromatic heterocycles. The van der Waals surface area contributed by atoms with Gasteiger partial charge >= 0.3 is 5.97 Å². The third-order valence-electron chi connectivity index (χ3n) is 9.85. The van der Waals surface area contributed by atoms with Crippen molar-refractivity contribution in [2.75, 3.05) is 0 Å². The number of nitrogens with one attached hydrogen (secondary N) is 1. The van der Waals surface area contributed by atoms with Gasteiger partial charge < -0.3 is 15.5 Å². The van der Waals surface area contributed by atoms with Gasteiger partial charge in [-0.2, -0.15) is 0 Å². The van der Waals surface area contributed by atoms with E-state index in [4.69, 9.17) is 0 Å². The van der Waals surface area contributed by atoms with Gasteiger partial charge in [0, 0.05) is 11.5 Å². The largest absolute Gasteiger partial charge is 0.478 e. The highest BCUT2D eigenvalue weighted by Crippen LogP contribution is 2.66. The van der Waals surface area contributed by atoms with Crippen LogP contribution >= 0.6 is 0 Å². The Bertz CT molecular complexity index is 840. The van der Waals surface area contributed by atoms with Crippen LogP contribution < -0.4 is 5.32 Å². The van der Waals surface area contributed by atoms with Crippen LogP contribution in [0.5, 0.6) is 0 Å². The number of carbonyl (C=O) groups is 2. The second-order valence-electron chi connectivity index (χ2n) is 11.7. The Labute approximate surface area is 186 Å². The minimum absolute atomic E-state index is 0.000442. The monoisotopic (exact) mass is 429 g/mol. The first kappa shape index (κ1) is 22.6. The van der Waals surface area contributed by atoms with Crippen molar-refractivity contribution < 1.29 is 19.8 Å². The minimum Gasteiger partial charge on any atom is -0.478 e. The van der Waals surface area contributed by atoms with Crippen molar-refractivity contribution in [2.45, 2.75) is 91.2 Å². The SMILES string of the molecule is CC(O)C(C)(C)NC(=O)[C@H]1CC[C@H]2[C@@H]3CC=C4C=C(C(=O)O)CC[C@]4(C)[C@H]3CC[C@]12C. The van der Waals surface area contributed by atoms with Gasteiger partial charge in [-0.1, -0.05) is 19.9 Å². The highest BCUT2D eigenvalue weighted by atomic mass is 16.4. The van der Waals surface area contributed by atoms with Crippen LogP contribution in [0, 0.1) is 34.5 Å². The maximum Gasteiger partial charge on any atom is 0.331 e. The summed E-state index contributed by atoms with van der Waals surface area (Å²) in [5, 5.41) is 22.6. The number of hydrogen-bond acceptors (Lipinski definition) is 3. The quantitative estimate of drug-likeness (QED) is 0.616. The van der Waals surface area contributed by atoms with Crippen molar-refractivity contribution in [2.24, 2.45) is 34.5 Å². The van der Waals surface area contributed by atoms with Crippen molar-refractivity contribution in [3.63, 3.8) is 0 Å². The van der Waals surface area contributed by atoms with Crippen LogP contribution in [0.2, 0.25) is 0 Å². The molecule has 2 saturated carbocycles. The maximum atomic E-state index is 13.3. The molecule has 0 spiro atoms. The number of carboxylic acids is 1. The molecular formula is C26H39NO4. The van der Waals surface area contributed by atoms with Gasteiger partial charge in [0.05, 0.1) is 11.6 Å². The number of aliphatic carboxylic acids is 1. The first-order valence-electron chi connectivity index (χ1n) is 12.0. The smallest absolute Gasteiger partial charge is 0.331 e. The summed E-state index contributed by atoms with van der Waals surface area (Å²) in [6, 6.07) is 0. The first-order valence-corrected chi connectivity index (χ1v) is 12.0. The van der Waals surface area contributed by atoms with Crippen LogP contribution in [0.3, 0.4) is 0 Å². The highest BCUT2D eigenvalue weighted by Gasteiger charge is 2.59. The second-order valence-corrected chi connectivity index (χ2v) is 11.7. The average Bonchev–Trinajstić information content (AvgIpc) is 3.04. The lowest BCUT2D eigenvalue weighted by Gasteiger charge is -2.57. The predicted molar refractivity (Wildman–Crippen MR) is 120 cm³/mol. The van der Waals surface area contributed by atoms with Gasteiger partial charge in [-0.05, 0) is 106 Å². The van der Waals surface area contributed by atoms with E-state index in [9.17, 15) is 19.8 Å². The van der Waals surface area contributed by atoms with Crippen molar-refractivity contribution >= 4 is 11.9 Å².